The molecule has 1 N–H and O–H groups in total. The van der Waals surface area contributed by atoms with Crippen LogP contribution in [0.5, 0.6) is 0 Å². The monoisotopic (exact) mass is 207 g/mol. The number of aliphatic hydroxyl groups excluding tert-OH is 1. The van der Waals surface area contributed by atoms with Gasteiger partial charge in [-0.25, -0.2) is 0 Å². The van der Waals surface area contributed by atoms with Crippen LogP contribution in [0.3, 0.4) is 0 Å². The van der Waals surface area contributed by atoms with Gasteiger partial charge in [-0.15, -0.1) is 0 Å². The summed E-state index contributed by atoms with van der Waals surface area (Å²) in [7, 11) is 0. The average molecular weight is 207 g/mol. The van der Waals surface area contributed by atoms with Gasteiger partial charge in [0.25, 0.3) is 0 Å². The largest absolute Gasteiger partial charge is 0.392 e. The zero-order valence-electron chi connectivity index (χ0n) is 9.07. The highest BCUT2D eigenvalue weighted by atomic mass is 16.5. The van der Waals surface area contributed by atoms with Gasteiger partial charge in [-0.2, -0.15) is 0 Å². The van der Waals surface area contributed by atoms with Gasteiger partial charge >= 0.3 is 0 Å². The fourth-order valence-corrected chi connectivity index (χ4v) is 1.88. The molecule has 82 valence electrons. The Balaban J connectivity index is 2.17. The second-order valence-corrected chi connectivity index (χ2v) is 3.87. The lowest BCUT2D eigenvalue weighted by Crippen LogP contribution is -2.36. The fraction of sp³-hybridized carbons (Fsp3) is 0.500. The molecule has 1 fully saturated rings. The van der Waals surface area contributed by atoms with Gasteiger partial charge in [-0.1, -0.05) is 6.07 Å². The minimum absolute atomic E-state index is 0.120. The van der Waals surface area contributed by atoms with Crippen LogP contribution in [-0.2, 0) is 11.3 Å². The van der Waals surface area contributed by atoms with Gasteiger partial charge in [-0.05, 0) is 30.2 Å². The molecule has 1 aromatic rings. The molecule has 0 spiro atoms. The quantitative estimate of drug-likeness (QED) is 0.794. The first-order chi connectivity index (χ1) is 7.31. The number of anilines is 1. The van der Waals surface area contributed by atoms with Crippen LogP contribution < -0.4 is 4.90 Å². The predicted molar refractivity (Wildman–Crippen MR) is 60.1 cm³/mol. The van der Waals surface area contributed by atoms with E-state index in [1.807, 2.05) is 13.0 Å². The van der Waals surface area contributed by atoms with E-state index in [1.165, 1.54) is 5.69 Å². The van der Waals surface area contributed by atoms with Crippen molar-refractivity contribution in [2.24, 2.45) is 0 Å². The van der Waals surface area contributed by atoms with E-state index in [0.29, 0.717) is 0 Å². The van der Waals surface area contributed by atoms with E-state index in [2.05, 4.69) is 17.0 Å². The van der Waals surface area contributed by atoms with E-state index in [0.717, 1.165) is 37.4 Å². The highest BCUT2D eigenvalue weighted by Gasteiger charge is 2.11. The van der Waals surface area contributed by atoms with Crippen LogP contribution in [0.25, 0.3) is 0 Å². The number of nitrogens with zero attached hydrogens (tertiary/aromatic N) is 1. The molecule has 0 unspecified atom stereocenters. The molecule has 3 heteroatoms. The Kier molecular flexibility index (Phi) is 3.23. The van der Waals surface area contributed by atoms with Crippen LogP contribution in [0.1, 0.15) is 11.1 Å². The molecular weight excluding hydrogens is 190 g/mol. The van der Waals surface area contributed by atoms with Crippen LogP contribution >= 0.6 is 0 Å². The van der Waals surface area contributed by atoms with E-state index in [4.69, 9.17) is 9.84 Å². The first kappa shape index (κ1) is 10.5. The number of hydrogen-bond acceptors (Lipinski definition) is 3. The zero-order chi connectivity index (χ0) is 10.7. The van der Waals surface area contributed by atoms with Crippen molar-refractivity contribution in [1.82, 2.24) is 0 Å². The summed E-state index contributed by atoms with van der Waals surface area (Å²) >= 11 is 0. The highest BCUT2D eigenvalue weighted by molar-refractivity contribution is 5.51. The van der Waals surface area contributed by atoms with Crippen LogP contribution in [0.4, 0.5) is 5.69 Å². The van der Waals surface area contributed by atoms with Gasteiger partial charge in [0, 0.05) is 18.8 Å². The summed E-state index contributed by atoms with van der Waals surface area (Å²) < 4.78 is 5.31. The van der Waals surface area contributed by atoms with Crippen molar-refractivity contribution in [2.75, 3.05) is 31.2 Å². The molecule has 2 rings (SSSR count). The summed E-state index contributed by atoms with van der Waals surface area (Å²) in [4.78, 5) is 2.32. The molecule has 0 aliphatic carbocycles. The lowest BCUT2D eigenvalue weighted by molar-refractivity contribution is 0.122. The number of benzene rings is 1. The predicted octanol–water partition coefficient (Wildman–Crippen LogP) is 1.32. The molecule has 0 aromatic heterocycles. The van der Waals surface area contributed by atoms with Gasteiger partial charge < -0.3 is 14.7 Å². The molecule has 0 radical (unpaired) electrons. The van der Waals surface area contributed by atoms with Crippen molar-refractivity contribution in [3.63, 3.8) is 0 Å². The summed E-state index contributed by atoms with van der Waals surface area (Å²) in [6, 6.07) is 6.21. The van der Waals surface area contributed by atoms with Gasteiger partial charge in [0.1, 0.15) is 0 Å². The Morgan fingerprint density at radius 1 is 1.33 bits per heavy atom. The van der Waals surface area contributed by atoms with Crippen LogP contribution in [0.15, 0.2) is 18.2 Å². The van der Waals surface area contributed by atoms with Gasteiger partial charge in [0.2, 0.25) is 0 Å². The van der Waals surface area contributed by atoms with Crippen molar-refractivity contribution < 1.29 is 9.84 Å². The molecule has 1 heterocycles. The number of aryl methyl sites for hydroxylation is 1. The third-order valence-electron chi connectivity index (χ3n) is 2.87. The molecule has 0 atom stereocenters. The topological polar surface area (TPSA) is 32.7 Å². The maximum atomic E-state index is 9.09. The van der Waals surface area contributed by atoms with Crippen molar-refractivity contribution in [1.29, 1.82) is 0 Å². The van der Waals surface area contributed by atoms with Crippen molar-refractivity contribution >= 4 is 5.69 Å². The Hall–Kier alpha value is -1.06. The molecule has 1 aliphatic rings. The fourth-order valence-electron chi connectivity index (χ4n) is 1.88. The summed E-state index contributed by atoms with van der Waals surface area (Å²) in [6.07, 6.45) is 0. The van der Waals surface area contributed by atoms with Crippen LogP contribution in [0, 0.1) is 6.92 Å². The SMILES string of the molecule is Cc1cc(N2CCOCC2)ccc1CO. The van der Waals surface area contributed by atoms with Crippen molar-refractivity contribution in [3.05, 3.63) is 29.3 Å². The number of hydrogen-bond donors (Lipinski definition) is 1. The standard InChI is InChI=1S/C12H17NO2/c1-10-8-12(3-2-11(10)9-14)13-4-6-15-7-5-13/h2-3,8,14H,4-7,9H2,1H3. The number of morpholine rings is 1. The Bertz CT molecular complexity index is 332. The molecule has 3 nitrogen and oxygen atoms in total. The first-order valence-corrected chi connectivity index (χ1v) is 5.34. The zero-order valence-corrected chi connectivity index (χ0v) is 9.07. The normalized spacial score (nSPS) is 16.8. The number of rotatable bonds is 2. The van der Waals surface area contributed by atoms with E-state index in [-0.39, 0.29) is 6.61 Å². The lowest BCUT2D eigenvalue weighted by Gasteiger charge is -2.29. The van der Waals surface area contributed by atoms with Crippen LogP contribution in [-0.4, -0.2) is 31.4 Å². The van der Waals surface area contributed by atoms with E-state index < -0.39 is 0 Å². The number of ether oxygens (including phenoxy) is 1. The molecule has 1 aliphatic heterocycles. The molecule has 15 heavy (non-hydrogen) atoms. The lowest BCUT2D eigenvalue weighted by atomic mass is 10.1. The van der Waals surface area contributed by atoms with E-state index >= 15 is 0 Å². The second-order valence-electron chi connectivity index (χ2n) is 3.87. The Morgan fingerprint density at radius 3 is 2.67 bits per heavy atom. The van der Waals surface area contributed by atoms with E-state index in [1.54, 1.807) is 0 Å². The Morgan fingerprint density at radius 2 is 2.07 bits per heavy atom. The molecule has 0 amide bonds. The first-order valence-electron chi connectivity index (χ1n) is 5.34. The molecule has 1 saturated heterocycles. The van der Waals surface area contributed by atoms with Crippen molar-refractivity contribution in [2.45, 2.75) is 13.5 Å². The summed E-state index contributed by atoms with van der Waals surface area (Å²) in [5.41, 5.74) is 3.39. The smallest absolute Gasteiger partial charge is 0.0684 e. The minimum atomic E-state index is 0.120. The summed E-state index contributed by atoms with van der Waals surface area (Å²) in [5.74, 6) is 0. The van der Waals surface area contributed by atoms with Crippen LogP contribution in [0.2, 0.25) is 0 Å². The molecule has 1 aromatic carbocycles. The number of aliphatic hydroxyl groups is 1. The third kappa shape index (κ3) is 2.30. The molecule has 0 bridgehead atoms. The molecule has 0 saturated carbocycles. The molecular formula is C12H17NO2. The van der Waals surface area contributed by atoms with Gasteiger partial charge in [0.15, 0.2) is 0 Å². The maximum Gasteiger partial charge on any atom is 0.0684 e. The second kappa shape index (κ2) is 4.64. The average Bonchev–Trinajstić information content (AvgIpc) is 2.30. The van der Waals surface area contributed by atoms with Gasteiger partial charge in [0.05, 0.1) is 19.8 Å². The highest BCUT2D eigenvalue weighted by Crippen LogP contribution is 2.20. The van der Waals surface area contributed by atoms with Crippen molar-refractivity contribution in [3.8, 4) is 0 Å². The van der Waals surface area contributed by atoms with E-state index in [9.17, 15) is 0 Å². The maximum absolute atomic E-state index is 9.09. The van der Waals surface area contributed by atoms with Gasteiger partial charge in [-0.3, -0.25) is 0 Å². The third-order valence-corrected chi connectivity index (χ3v) is 2.87. The summed E-state index contributed by atoms with van der Waals surface area (Å²) in [6.45, 7) is 5.68. The minimum Gasteiger partial charge on any atom is -0.392 e. The summed E-state index contributed by atoms with van der Waals surface area (Å²) in [5, 5.41) is 9.09. The Labute approximate surface area is 90.3 Å².